The van der Waals surface area contributed by atoms with Gasteiger partial charge in [0.1, 0.15) is 5.75 Å². The van der Waals surface area contributed by atoms with Crippen LogP contribution in [-0.2, 0) is 13.1 Å². The lowest BCUT2D eigenvalue weighted by Gasteiger charge is -2.14. The molecule has 0 fully saturated rings. The molecule has 1 aromatic heterocycles. The van der Waals surface area contributed by atoms with Crippen molar-refractivity contribution in [2.24, 2.45) is 0 Å². The van der Waals surface area contributed by atoms with Gasteiger partial charge in [0.05, 0.1) is 0 Å². The maximum Gasteiger partial charge on any atom is 0.290 e. The van der Waals surface area contributed by atoms with Crippen molar-refractivity contribution in [2.45, 2.75) is 26.1 Å². The van der Waals surface area contributed by atoms with Gasteiger partial charge in [0, 0.05) is 13.1 Å². The molecule has 0 saturated heterocycles. The number of para-hydroxylation sites is 1. The summed E-state index contributed by atoms with van der Waals surface area (Å²) in [7, 11) is 0. The minimum Gasteiger partial charge on any atom is -0.481 e. The molecule has 1 atom stereocenters. The number of hydrogen-bond acceptors (Lipinski definition) is 6. The van der Waals surface area contributed by atoms with Crippen molar-refractivity contribution < 1.29 is 9.53 Å². The average Bonchev–Trinajstić information content (AvgIpc) is 3.26. The highest BCUT2D eigenvalue weighted by Gasteiger charge is 2.23. The van der Waals surface area contributed by atoms with Crippen LogP contribution in [-0.4, -0.2) is 26.8 Å². The first kappa shape index (κ1) is 21.1. The summed E-state index contributed by atoms with van der Waals surface area (Å²) in [5, 5.41) is 10.8. The summed E-state index contributed by atoms with van der Waals surface area (Å²) in [6, 6.07) is 29.1. The number of nitrogens with zero attached hydrogens (tertiary/aromatic N) is 3. The van der Waals surface area contributed by atoms with Gasteiger partial charge in [-0.15, -0.1) is 5.10 Å². The Balaban J connectivity index is 1.51. The Bertz CT molecular complexity index is 1130. The predicted octanol–water partition coefficient (Wildman–Crippen LogP) is 4.61. The van der Waals surface area contributed by atoms with Gasteiger partial charge in [0.25, 0.3) is 5.91 Å². The van der Waals surface area contributed by atoms with Crippen LogP contribution < -0.4 is 15.4 Å². The third-order valence-corrected chi connectivity index (χ3v) is 4.81. The quantitative estimate of drug-likeness (QED) is 0.406. The van der Waals surface area contributed by atoms with Crippen molar-refractivity contribution in [3.63, 3.8) is 0 Å². The first-order valence-corrected chi connectivity index (χ1v) is 10.5. The average molecular weight is 428 g/mol. The van der Waals surface area contributed by atoms with Gasteiger partial charge >= 0.3 is 0 Å². The van der Waals surface area contributed by atoms with E-state index in [1.807, 2.05) is 91.0 Å². The minimum atomic E-state index is -0.738. The molecular weight excluding hydrogens is 402 g/mol. The molecule has 7 heteroatoms. The molecule has 0 aliphatic carbocycles. The Hall–Kier alpha value is -4.13. The van der Waals surface area contributed by atoms with Crippen LogP contribution in [0.3, 0.4) is 0 Å². The lowest BCUT2D eigenvalue weighted by Crippen LogP contribution is -2.31. The zero-order chi connectivity index (χ0) is 22.2. The molecule has 1 heterocycles. The zero-order valence-electron chi connectivity index (χ0n) is 17.8. The van der Waals surface area contributed by atoms with Crippen molar-refractivity contribution in [1.29, 1.82) is 0 Å². The largest absolute Gasteiger partial charge is 0.481 e. The SMILES string of the molecule is C[C@@H](Oc1ccccc1)C(=O)n1nc(NCc2ccccc2)nc1NCc1ccccc1. The fourth-order valence-corrected chi connectivity index (χ4v) is 3.13. The Morgan fingerprint density at radius 3 is 1.97 bits per heavy atom. The number of ether oxygens (including phenoxy) is 1. The van der Waals surface area contributed by atoms with Crippen molar-refractivity contribution >= 4 is 17.8 Å². The highest BCUT2D eigenvalue weighted by molar-refractivity contribution is 5.85. The molecule has 4 rings (SSSR count). The van der Waals surface area contributed by atoms with Crippen molar-refractivity contribution in [1.82, 2.24) is 14.8 Å². The number of hydrogen-bond donors (Lipinski definition) is 2. The van der Waals surface area contributed by atoms with Crippen LogP contribution in [0, 0.1) is 0 Å². The Morgan fingerprint density at radius 2 is 1.38 bits per heavy atom. The van der Waals surface area contributed by atoms with Gasteiger partial charge in [-0.1, -0.05) is 78.9 Å². The van der Waals surface area contributed by atoms with E-state index in [1.54, 1.807) is 6.92 Å². The molecule has 7 nitrogen and oxygen atoms in total. The van der Waals surface area contributed by atoms with Gasteiger partial charge in [-0.25, -0.2) is 0 Å². The Kier molecular flexibility index (Phi) is 6.77. The Morgan fingerprint density at radius 1 is 0.844 bits per heavy atom. The molecule has 4 aromatic rings. The highest BCUT2D eigenvalue weighted by Crippen LogP contribution is 2.16. The van der Waals surface area contributed by atoms with E-state index < -0.39 is 6.10 Å². The number of benzene rings is 3. The summed E-state index contributed by atoms with van der Waals surface area (Å²) in [5.41, 5.74) is 2.16. The summed E-state index contributed by atoms with van der Waals surface area (Å²) in [5.74, 6) is 1.03. The first-order valence-electron chi connectivity index (χ1n) is 10.5. The van der Waals surface area contributed by atoms with Crippen molar-refractivity contribution in [2.75, 3.05) is 10.6 Å². The lowest BCUT2D eigenvalue weighted by molar-refractivity contribution is 0.0713. The third-order valence-electron chi connectivity index (χ3n) is 4.81. The standard InChI is InChI=1S/C25H25N5O2/c1-19(32-22-15-9-4-10-16-22)23(31)30-25(27-18-21-13-7-3-8-14-21)28-24(29-30)26-17-20-11-5-2-6-12-20/h2-16,19H,17-18H2,1H3,(H2,26,27,28,29)/t19-/m1/s1. The van der Waals surface area contributed by atoms with Gasteiger partial charge < -0.3 is 15.4 Å². The Labute approximate surface area is 187 Å². The molecule has 0 unspecified atom stereocenters. The summed E-state index contributed by atoms with van der Waals surface area (Å²) in [6.07, 6.45) is -0.738. The third kappa shape index (κ3) is 5.51. The fourth-order valence-electron chi connectivity index (χ4n) is 3.13. The molecule has 0 aliphatic rings. The van der Waals surface area contributed by atoms with Crippen LogP contribution in [0.25, 0.3) is 0 Å². The number of carbonyl (C=O) groups is 1. The lowest BCUT2D eigenvalue weighted by atomic mass is 10.2. The maximum absolute atomic E-state index is 13.1. The van der Waals surface area contributed by atoms with E-state index in [1.165, 1.54) is 4.68 Å². The molecule has 3 aromatic carbocycles. The van der Waals surface area contributed by atoms with E-state index in [4.69, 9.17) is 4.74 Å². The monoisotopic (exact) mass is 427 g/mol. The van der Waals surface area contributed by atoms with Crippen molar-refractivity contribution in [3.05, 3.63) is 102 Å². The van der Waals surface area contributed by atoms with E-state index in [0.717, 1.165) is 11.1 Å². The van der Waals surface area contributed by atoms with E-state index in [2.05, 4.69) is 20.7 Å². The highest BCUT2D eigenvalue weighted by atomic mass is 16.5. The molecule has 32 heavy (non-hydrogen) atoms. The zero-order valence-corrected chi connectivity index (χ0v) is 17.8. The van der Waals surface area contributed by atoms with Gasteiger partial charge in [-0.2, -0.15) is 9.67 Å². The molecule has 0 bridgehead atoms. The van der Waals surface area contributed by atoms with Crippen LogP contribution in [0.1, 0.15) is 22.8 Å². The molecule has 0 radical (unpaired) electrons. The molecule has 0 amide bonds. The van der Waals surface area contributed by atoms with E-state index >= 15 is 0 Å². The molecule has 2 N–H and O–H groups in total. The second-order valence-electron chi connectivity index (χ2n) is 7.26. The summed E-state index contributed by atoms with van der Waals surface area (Å²) in [6.45, 7) is 2.77. The van der Waals surface area contributed by atoms with Crippen LogP contribution >= 0.6 is 0 Å². The minimum absolute atomic E-state index is 0.315. The molecule has 162 valence electrons. The van der Waals surface area contributed by atoms with Crippen LogP contribution in [0.2, 0.25) is 0 Å². The molecule has 0 spiro atoms. The van der Waals surface area contributed by atoms with Gasteiger partial charge in [0.15, 0.2) is 6.10 Å². The second-order valence-corrected chi connectivity index (χ2v) is 7.26. The fraction of sp³-hybridized carbons (Fsp3) is 0.160. The molecular formula is C25H25N5O2. The summed E-state index contributed by atoms with van der Waals surface area (Å²) < 4.78 is 7.07. The first-order chi connectivity index (χ1) is 15.7. The van der Waals surface area contributed by atoms with E-state index in [-0.39, 0.29) is 5.91 Å². The topological polar surface area (TPSA) is 81.1 Å². The maximum atomic E-state index is 13.1. The van der Waals surface area contributed by atoms with E-state index in [9.17, 15) is 4.79 Å². The number of rotatable bonds is 9. The van der Waals surface area contributed by atoms with E-state index in [0.29, 0.717) is 30.7 Å². The van der Waals surface area contributed by atoms with Crippen LogP contribution in [0.15, 0.2) is 91.0 Å². The second kappa shape index (κ2) is 10.3. The normalized spacial score (nSPS) is 11.5. The van der Waals surface area contributed by atoms with Gasteiger partial charge in [0.2, 0.25) is 11.9 Å². The number of nitrogens with one attached hydrogen (secondary N) is 2. The number of anilines is 2. The van der Waals surface area contributed by atoms with Crippen LogP contribution in [0.4, 0.5) is 11.9 Å². The number of aromatic nitrogens is 3. The summed E-state index contributed by atoms with van der Waals surface area (Å²) >= 11 is 0. The molecule has 0 saturated carbocycles. The predicted molar refractivity (Wildman–Crippen MR) is 125 cm³/mol. The summed E-state index contributed by atoms with van der Waals surface area (Å²) in [4.78, 5) is 17.6. The van der Waals surface area contributed by atoms with Crippen molar-refractivity contribution in [3.8, 4) is 5.75 Å². The van der Waals surface area contributed by atoms with Gasteiger partial charge in [-0.05, 0) is 30.2 Å². The van der Waals surface area contributed by atoms with Gasteiger partial charge in [-0.3, -0.25) is 4.79 Å². The molecule has 0 aliphatic heterocycles. The smallest absolute Gasteiger partial charge is 0.290 e. The number of carbonyl (C=O) groups excluding carboxylic acids is 1. The van der Waals surface area contributed by atoms with Crippen LogP contribution in [0.5, 0.6) is 5.75 Å².